The Morgan fingerprint density at radius 3 is 2.46 bits per heavy atom. The van der Waals surface area contributed by atoms with Crippen molar-refractivity contribution in [3.8, 4) is 0 Å². The van der Waals surface area contributed by atoms with Gasteiger partial charge in [-0.05, 0) is 49.9 Å². The maximum atomic E-state index is 13.0. The summed E-state index contributed by atoms with van der Waals surface area (Å²) in [5.41, 5.74) is 7.04. The highest BCUT2D eigenvalue weighted by Crippen LogP contribution is 2.23. The topological polar surface area (TPSA) is 49.6 Å². The number of nitrogens with zero attached hydrogens (tertiary/aromatic N) is 2. The molecule has 0 bridgehead atoms. The summed E-state index contributed by atoms with van der Waals surface area (Å²) in [6.07, 6.45) is 3.95. The Balaban J connectivity index is 0.00000144. The molecule has 1 aromatic rings. The number of hydrogen-bond donors (Lipinski definition) is 1. The summed E-state index contributed by atoms with van der Waals surface area (Å²) in [5, 5.41) is 0. The molecule has 1 aromatic carbocycles. The smallest absolute Gasteiger partial charge is 0.239 e. The molecule has 0 radical (unpaired) electrons. The first-order valence-corrected chi connectivity index (χ1v) is 8.16. The summed E-state index contributed by atoms with van der Waals surface area (Å²) in [5.74, 6) is -0.00476. The summed E-state index contributed by atoms with van der Waals surface area (Å²) >= 11 is 0. The van der Waals surface area contributed by atoms with E-state index in [-0.39, 0.29) is 48.6 Å². The van der Waals surface area contributed by atoms with Gasteiger partial charge in [-0.15, -0.1) is 24.8 Å². The van der Waals surface area contributed by atoms with Crippen molar-refractivity contribution in [2.24, 2.45) is 5.73 Å². The lowest BCUT2D eigenvalue weighted by Crippen LogP contribution is -2.51. The Labute approximate surface area is 155 Å². The molecule has 7 heteroatoms. The molecule has 0 aromatic heterocycles. The zero-order valence-corrected chi connectivity index (χ0v) is 15.3. The molecule has 1 amide bonds. The fraction of sp³-hybridized carbons (Fsp3) is 0.588. The van der Waals surface area contributed by atoms with Crippen molar-refractivity contribution < 1.29 is 9.18 Å². The van der Waals surface area contributed by atoms with E-state index in [1.54, 1.807) is 12.1 Å². The van der Waals surface area contributed by atoms with Crippen molar-refractivity contribution in [3.63, 3.8) is 0 Å². The average molecular weight is 378 g/mol. The molecular formula is C17H26Cl2FN3O. The largest absolute Gasteiger partial charge is 0.340 e. The van der Waals surface area contributed by atoms with E-state index >= 15 is 0 Å². The van der Waals surface area contributed by atoms with E-state index in [1.807, 2.05) is 4.90 Å². The molecule has 2 heterocycles. The number of carbonyl (C=O) groups is 1. The van der Waals surface area contributed by atoms with Crippen LogP contribution in [0.1, 0.15) is 31.2 Å². The number of hydrogen-bond acceptors (Lipinski definition) is 3. The highest BCUT2D eigenvalue weighted by atomic mass is 35.5. The monoisotopic (exact) mass is 377 g/mol. The molecular weight excluding hydrogens is 352 g/mol. The van der Waals surface area contributed by atoms with Crippen molar-refractivity contribution in [2.75, 3.05) is 19.6 Å². The van der Waals surface area contributed by atoms with Gasteiger partial charge in [0, 0.05) is 25.7 Å². The lowest BCUT2D eigenvalue weighted by molar-refractivity contribution is -0.137. The molecule has 2 unspecified atom stereocenters. The number of nitrogens with two attached hydrogens (primary N) is 1. The first-order valence-electron chi connectivity index (χ1n) is 8.16. The molecule has 2 fully saturated rings. The molecule has 2 aliphatic heterocycles. The SMILES string of the molecule is Cl.Cl.NC1CCCN(C(=O)C2CCCN2Cc2ccc(F)cc2)C1. The number of rotatable bonds is 3. The molecule has 2 N–H and O–H groups in total. The van der Waals surface area contributed by atoms with Crippen molar-refractivity contribution in [1.29, 1.82) is 0 Å². The van der Waals surface area contributed by atoms with Gasteiger partial charge in [0.15, 0.2) is 0 Å². The molecule has 24 heavy (non-hydrogen) atoms. The van der Waals surface area contributed by atoms with E-state index in [1.165, 1.54) is 12.1 Å². The minimum atomic E-state index is -0.222. The molecule has 0 spiro atoms. The molecule has 3 rings (SSSR count). The number of benzene rings is 1. The van der Waals surface area contributed by atoms with Gasteiger partial charge in [0.2, 0.25) is 5.91 Å². The summed E-state index contributed by atoms with van der Waals surface area (Å²) in [7, 11) is 0. The van der Waals surface area contributed by atoms with Crippen LogP contribution in [-0.2, 0) is 11.3 Å². The predicted molar refractivity (Wildman–Crippen MR) is 98.1 cm³/mol. The predicted octanol–water partition coefficient (Wildman–Crippen LogP) is 2.58. The Bertz CT molecular complexity index is 529. The Kier molecular flexibility index (Phi) is 8.43. The highest BCUT2D eigenvalue weighted by Gasteiger charge is 2.34. The van der Waals surface area contributed by atoms with Gasteiger partial charge in [-0.1, -0.05) is 12.1 Å². The van der Waals surface area contributed by atoms with Crippen molar-refractivity contribution >= 4 is 30.7 Å². The molecule has 4 nitrogen and oxygen atoms in total. The van der Waals surface area contributed by atoms with Crippen molar-refractivity contribution in [3.05, 3.63) is 35.6 Å². The summed E-state index contributed by atoms with van der Waals surface area (Å²) in [4.78, 5) is 16.9. The first kappa shape index (κ1) is 21.2. The Morgan fingerprint density at radius 1 is 1.12 bits per heavy atom. The number of halogens is 3. The molecule has 0 saturated carbocycles. The van der Waals surface area contributed by atoms with Crippen LogP contribution in [0.2, 0.25) is 0 Å². The third-order valence-corrected chi connectivity index (χ3v) is 4.72. The standard InChI is InChI=1S/C17H24FN3O.2ClH/c18-14-7-5-13(6-8-14)11-20-9-2-4-16(20)17(22)21-10-1-3-15(19)12-21;;/h5-8,15-16H,1-4,9-12,19H2;2*1H. The summed E-state index contributed by atoms with van der Waals surface area (Å²) < 4.78 is 13.0. The molecule has 2 aliphatic rings. The van der Waals surface area contributed by atoms with E-state index < -0.39 is 0 Å². The van der Waals surface area contributed by atoms with Crippen LogP contribution in [0.5, 0.6) is 0 Å². The lowest BCUT2D eigenvalue weighted by atomic mass is 10.0. The quantitative estimate of drug-likeness (QED) is 0.880. The van der Waals surface area contributed by atoms with E-state index in [9.17, 15) is 9.18 Å². The van der Waals surface area contributed by atoms with Gasteiger partial charge < -0.3 is 10.6 Å². The third-order valence-electron chi connectivity index (χ3n) is 4.72. The van der Waals surface area contributed by atoms with Gasteiger partial charge in [0.1, 0.15) is 5.82 Å². The lowest BCUT2D eigenvalue weighted by Gasteiger charge is -2.35. The number of piperidine rings is 1. The fourth-order valence-corrected chi connectivity index (χ4v) is 3.54. The Hall–Kier alpha value is -0.880. The van der Waals surface area contributed by atoms with Crippen LogP contribution in [0.3, 0.4) is 0 Å². The summed E-state index contributed by atoms with van der Waals surface area (Å²) in [6, 6.07) is 6.62. The average Bonchev–Trinajstić information content (AvgIpc) is 2.97. The van der Waals surface area contributed by atoms with Gasteiger partial charge in [-0.3, -0.25) is 9.69 Å². The van der Waals surface area contributed by atoms with E-state index in [0.717, 1.165) is 44.3 Å². The first-order chi connectivity index (χ1) is 10.6. The fourth-order valence-electron chi connectivity index (χ4n) is 3.54. The van der Waals surface area contributed by atoms with Gasteiger partial charge in [-0.25, -0.2) is 4.39 Å². The van der Waals surface area contributed by atoms with Gasteiger partial charge in [0.25, 0.3) is 0 Å². The zero-order chi connectivity index (χ0) is 15.5. The van der Waals surface area contributed by atoms with Crippen molar-refractivity contribution in [2.45, 2.75) is 44.3 Å². The minimum absolute atomic E-state index is 0. The zero-order valence-electron chi connectivity index (χ0n) is 13.7. The molecule has 2 saturated heterocycles. The van der Waals surface area contributed by atoms with Crippen LogP contribution >= 0.6 is 24.8 Å². The Morgan fingerprint density at radius 2 is 1.79 bits per heavy atom. The second-order valence-electron chi connectivity index (χ2n) is 6.44. The normalized spacial score (nSPS) is 24.2. The maximum Gasteiger partial charge on any atom is 0.239 e. The van der Waals surface area contributed by atoms with E-state index in [2.05, 4.69) is 4.90 Å². The van der Waals surface area contributed by atoms with Crippen LogP contribution in [-0.4, -0.2) is 47.4 Å². The van der Waals surface area contributed by atoms with Gasteiger partial charge in [0.05, 0.1) is 6.04 Å². The molecule has 0 aliphatic carbocycles. The minimum Gasteiger partial charge on any atom is -0.340 e. The van der Waals surface area contributed by atoms with Crippen LogP contribution < -0.4 is 5.73 Å². The van der Waals surface area contributed by atoms with Crippen LogP contribution in [0.4, 0.5) is 4.39 Å². The summed E-state index contributed by atoms with van der Waals surface area (Å²) in [6.45, 7) is 3.14. The third kappa shape index (κ3) is 5.06. The van der Waals surface area contributed by atoms with Crippen LogP contribution in [0.15, 0.2) is 24.3 Å². The van der Waals surface area contributed by atoms with Gasteiger partial charge in [-0.2, -0.15) is 0 Å². The number of carbonyl (C=O) groups excluding carboxylic acids is 1. The van der Waals surface area contributed by atoms with Gasteiger partial charge >= 0.3 is 0 Å². The second-order valence-corrected chi connectivity index (χ2v) is 6.44. The highest BCUT2D eigenvalue weighted by molar-refractivity contribution is 5.85. The number of likely N-dealkylation sites (tertiary alicyclic amines) is 2. The molecule has 2 atom stereocenters. The van der Waals surface area contributed by atoms with Crippen LogP contribution in [0, 0.1) is 5.82 Å². The van der Waals surface area contributed by atoms with Crippen molar-refractivity contribution in [1.82, 2.24) is 9.80 Å². The second kappa shape index (κ2) is 9.56. The van der Waals surface area contributed by atoms with Crippen LogP contribution in [0.25, 0.3) is 0 Å². The molecule has 136 valence electrons. The van der Waals surface area contributed by atoms with E-state index in [4.69, 9.17) is 5.73 Å². The van der Waals surface area contributed by atoms with E-state index in [0.29, 0.717) is 13.1 Å². The number of amides is 1. The maximum absolute atomic E-state index is 13.0.